The molecular formula is C21H28N4O3. The molecule has 0 bridgehead atoms. The summed E-state index contributed by atoms with van der Waals surface area (Å²) in [5, 5.41) is 2.95. The van der Waals surface area contributed by atoms with Crippen molar-refractivity contribution in [3.8, 4) is 0 Å². The van der Waals surface area contributed by atoms with E-state index >= 15 is 0 Å². The number of piperidine rings is 1. The van der Waals surface area contributed by atoms with Gasteiger partial charge in [0.05, 0.1) is 0 Å². The zero-order valence-electron chi connectivity index (χ0n) is 16.0. The number of likely N-dealkylation sites (tertiary alicyclic amines) is 1. The first-order valence-corrected chi connectivity index (χ1v) is 10.2. The number of carbonyl (C=O) groups excluding carboxylic acids is 2. The topological polar surface area (TPSA) is 97.6 Å². The van der Waals surface area contributed by atoms with E-state index in [2.05, 4.69) is 15.2 Å². The third-order valence-electron chi connectivity index (χ3n) is 6.27. The Kier molecular flexibility index (Phi) is 5.62. The van der Waals surface area contributed by atoms with Gasteiger partial charge < -0.3 is 20.7 Å². The highest BCUT2D eigenvalue weighted by molar-refractivity contribution is 5.91. The number of nitrogens with two attached hydrogens (primary N) is 1. The first kappa shape index (κ1) is 18.9. The number of aromatic nitrogens is 1. The van der Waals surface area contributed by atoms with Gasteiger partial charge in [-0.25, -0.2) is 4.98 Å². The van der Waals surface area contributed by atoms with Gasteiger partial charge in [0.15, 0.2) is 0 Å². The van der Waals surface area contributed by atoms with Crippen molar-refractivity contribution in [1.82, 2.24) is 15.2 Å². The molecule has 2 amide bonds. The van der Waals surface area contributed by atoms with Crippen LogP contribution < -0.4 is 11.1 Å². The lowest BCUT2D eigenvalue weighted by molar-refractivity contribution is -0.138. The molecule has 2 saturated heterocycles. The molecule has 0 spiro atoms. The van der Waals surface area contributed by atoms with Gasteiger partial charge in [-0.05, 0) is 60.8 Å². The van der Waals surface area contributed by atoms with Crippen molar-refractivity contribution in [2.45, 2.75) is 19.3 Å². The van der Waals surface area contributed by atoms with Crippen LogP contribution in [0.15, 0.2) is 24.4 Å². The fraction of sp³-hybridized carbons (Fsp3) is 0.571. The van der Waals surface area contributed by atoms with E-state index in [0.29, 0.717) is 49.2 Å². The minimum Gasteiger partial charge on any atom is -0.384 e. The molecule has 7 nitrogen and oxygen atoms in total. The third-order valence-corrected chi connectivity index (χ3v) is 6.27. The lowest BCUT2D eigenvalue weighted by Gasteiger charge is -2.28. The van der Waals surface area contributed by atoms with E-state index in [1.807, 2.05) is 6.07 Å². The molecule has 7 heteroatoms. The molecule has 150 valence electrons. The number of amides is 2. The summed E-state index contributed by atoms with van der Waals surface area (Å²) in [6, 6.07) is 3.53. The van der Waals surface area contributed by atoms with Crippen LogP contribution in [0, 0.1) is 23.7 Å². The maximum absolute atomic E-state index is 12.6. The van der Waals surface area contributed by atoms with Gasteiger partial charge in [-0.3, -0.25) is 9.59 Å². The molecule has 0 radical (unpaired) electrons. The van der Waals surface area contributed by atoms with Crippen LogP contribution in [0.4, 0.5) is 5.82 Å². The predicted molar refractivity (Wildman–Crippen MR) is 106 cm³/mol. The summed E-state index contributed by atoms with van der Waals surface area (Å²) in [6.45, 7) is 3.88. The Morgan fingerprint density at radius 1 is 1.25 bits per heavy atom. The minimum absolute atomic E-state index is 0.0982. The average Bonchev–Trinajstić information content (AvgIpc) is 3.16. The van der Waals surface area contributed by atoms with Crippen molar-refractivity contribution in [3.63, 3.8) is 0 Å². The van der Waals surface area contributed by atoms with Crippen LogP contribution in [-0.4, -0.2) is 54.5 Å². The summed E-state index contributed by atoms with van der Waals surface area (Å²) in [6.07, 6.45) is 7.60. The number of nitrogens with zero attached hydrogens (tertiary/aromatic N) is 2. The molecule has 3 atom stereocenters. The smallest absolute Gasteiger partial charge is 0.244 e. The lowest BCUT2D eigenvalue weighted by atomic mass is 9.98. The molecule has 2 aliphatic heterocycles. The lowest BCUT2D eigenvalue weighted by Crippen LogP contribution is -2.38. The number of nitrogens with one attached hydrogen (secondary N) is 1. The van der Waals surface area contributed by atoms with E-state index < -0.39 is 0 Å². The number of rotatable bonds is 6. The van der Waals surface area contributed by atoms with Gasteiger partial charge in [-0.1, -0.05) is 0 Å². The molecule has 3 heterocycles. The van der Waals surface area contributed by atoms with Gasteiger partial charge in [0, 0.05) is 51.0 Å². The quantitative estimate of drug-likeness (QED) is 0.721. The minimum atomic E-state index is -0.0982. The van der Waals surface area contributed by atoms with Crippen LogP contribution in [0.1, 0.15) is 24.8 Å². The van der Waals surface area contributed by atoms with Crippen molar-refractivity contribution in [3.05, 3.63) is 30.0 Å². The highest BCUT2D eigenvalue weighted by Gasteiger charge is 2.56. The molecule has 3 fully saturated rings. The Morgan fingerprint density at radius 3 is 2.68 bits per heavy atom. The van der Waals surface area contributed by atoms with Crippen LogP contribution in [-0.2, 0) is 14.3 Å². The Bertz CT molecular complexity index is 731. The number of anilines is 1. The number of hydrogen-bond acceptors (Lipinski definition) is 5. The van der Waals surface area contributed by atoms with Crippen LogP contribution in [0.25, 0.3) is 6.08 Å². The second kappa shape index (κ2) is 8.31. The Balaban J connectivity index is 1.14. The van der Waals surface area contributed by atoms with Crippen molar-refractivity contribution in [1.29, 1.82) is 0 Å². The van der Waals surface area contributed by atoms with E-state index in [9.17, 15) is 9.59 Å². The molecule has 1 saturated carbocycles. The van der Waals surface area contributed by atoms with Crippen molar-refractivity contribution < 1.29 is 14.3 Å². The molecule has 0 aromatic carbocycles. The molecule has 1 aromatic heterocycles. The molecule has 3 N–H and O–H groups in total. The second-order valence-electron chi connectivity index (χ2n) is 8.05. The van der Waals surface area contributed by atoms with Gasteiger partial charge in [-0.2, -0.15) is 0 Å². The molecule has 1 aromatic rings. The van der Waals surface area contributed by atoms with Gasteiger partial charge >= 0.3 is 0 Å². The largest absolute Gasteiger partial charge is 0.384 e. The standard InChI is InChI=1S/C21H28N4O3/c22-19-3-1-14(11-24-19)2-4-20(26)23-8-5-16-17-12-25(13-18(16)17)21(27)15-6-9-28-10-7-15/h1-4,11,15-18H,5-10,12-13H2,(H2,22,24)(H,23,26)/b4-2+/t16-,17-,18+. The first-order valence-electron chi connectivity index (χ1n) is 10.2. The summed E-state index contributed by atoms with van der Waals surface area (Å²) in [7, 11) is 0. The molecular weight excluding hydrogens is 356 g/mol. The Morgan fingerprint density at radius 2 is 2.00 bits per heavy atom. The highest BCUT2D eigenvalue weighted by atomic mass is 16.5. The predicted octanol–water partition coefficient (Wildman–Crippen LogP) is 1.31. The van der Waals surface area contributed by atoms with Crippen LogP contribution in [0.3, 0.4) is 0 Å². The summed E-state index contributed by atoms with van der Waals surface area (Å²) in [4.78, 5) is 30.6. The zero-order chi connectivity index (χ0) is 19.5. The molecule has 4 rings (SSSR count). The summed E-state index contributed by atoms with van der Waals surface area (Å²) < 4.78 is 5.35. The average molecular weight is 384 g/mol. The Labute approximate surface area is 165 Å². The van der Waals surface area contributed by atoms with E-state index in [1.54, 1.807) is 18.3 Å². The number of carbonyl (C=O) groups is 2. The fourth-order valence-corrected chi connectivity index (χ4v) is 4.57. The van der Waals surface area contributed by atoms with Gasteiger partial charge in [0.25, 0.3) is 0 Å². The molecule has 0 unspecified atom stereocenters. The number of ether oxygens (including phenoxy) is 1. The van der Waals surface area contributed by atoms with Crippen LogP contribution >= 0.6 is 0 Å². The fourth-order valence-electron chi connectivity index (χ4n) is 4.57. The van der Waals surface area contributed by atoms with E-state index in [0.717, 1.165) is 37.9 Å². The normalized spacial score (nSPS) is 27.0. The molecule has 28 heavy (non-hydrogen) atoms. The van der Waals surface area contributed by atoms with Crippen LogP contribution in [0.5, 0.6) is 0 Å². The van der Waals surface area contributed by atoms with Crippen LogP contribution in [0.2, 0.25) is 0 Å². The highest BCUT2D eigenvalue weighted by Crippen LogP contribution is 2.53. The summed E-state index contributed by atoms with van der Waals surface area (Å²) >= 11 is 0. The van der Waals surface area contributed by atoms with Gasteiger partial charge in [0.1, 0.15) is 5.82 Å². The summed E-state index contributed by atoms with van der Waals surface area (Å²) in [5.74, 6) is 2.74. The van der Waals surface area contributed by atoms with E-state index in [1.165, 1.54) is 6.08 Å². The summed E-state index contributed by atoms with van der Waals surface area (Å²) in [5.41, 5.74) is 6.39. The van der Waals surface area contributed by atoms with Gasteiger partial charge in [0.2, 0.25) is 11.8 Å². The monoisotopic (exact) mass is 384 g/mol. The molecule has 3 aliphatic rings. The zero-order valence-corrected chi connectivity index (χ0v) is 16.0. The van der Waals surface area contributed by atoms with Crippen molar-refractivity contribution >= 4 is 23.7 Å². The maximum atomic E-state index is 12.6. The molecule has 1 aliphatic carbocycles. The van der Waals surface area contributed by atoms with Gasteiger partial charge in [-0.15, -0.1) is 0 Å². The van der Waals surface area contributed by atoms with Crippen molar-refractivity contribution in [2.75, 3.05) is 38.6 Å². The number of nitrogen functional groups attached to an aromatic ring is 1. The maximum Gasteiger partial charge on any atom is 0.244 e. The van der Waals surface area contributed by atoms with Crippen molar-refractivity contribution in [2.24, 2.45) is 23.7 Å². The Hall–Kier alpha value is -2.41. The number of hydrogen-bond donors (Lipinski definition) is 2. The SMILES string of the molecule is Nc1ccc(/C=C/C(=O)NCC[C@@H]2[C@H]3CN(C(=O)C4CCOCC4)C[C@@H]23)cn1. The van der Waals surface area contributed by atoms with E-state index in [-0.39, 0.29) is 11.8 Å². The number of fused-ring (bicyclic) bond motifs is 1. The first-order chi connectivity index (χ1) is 13.6. The third kappa shape index (κ3) is 4.35. The van der Waals surface area contributed by atoms with E-state index in [4.69, 9.17) is 10.5 Å². The number of pyridine rings is 1. The second-order valence-corrected chi connectivity index (χ2v) is 8.05.